The second-order valence-electron chi connectivity index (χ2n) is 5.14. The molecule has 0 bridgehead atoms. The highest BCUT2D eigenvalue weighted by atomic mass is 14.9. The van der Waals surface area contributed by atoms with Gasteiger partial charge in [-0.2, -0.15) is 0 Å². The van der Waals surface area contributed by atoms with Gasteiger partial charge < -0.3 is 11.1 Å². The average Bonchev–Trinajstić information content (AvgIpc) is 2.43. The van der Waals surface area contributed by atoms with E-state index in [1.165, 1.54) is 19.3 Å². The van der Waals surface area contributed by atoms with Gasteiger partial charge in [-0.1, -0.05) is 38.0 Å². The van der Waals surface area contributed by atoms with Crippen molar-refractivity contribution in [1.29, 1.82) is 0 Å². The van der Waals surface area contributed by atoms with Gasteiger partial charge in [0.15, 0.2) is 0 Å². The zero-order valence-corrected chi connectivity index (χ0v) is 11.8. The van der Waals surface area contributed by atoms with Gasteiger partial charge in [0, 0.05) is 23.7 Å². The van der Waals surface area contributed by atoms with Crippen LogP contribution in [-0.4, -0.2) is 11.0 Å². The van der Waals surface area contributed by atoms with Crippen molar-refractivity contribution in [1.82, 2.24) is 10.3 Å². The third kappa shape index (κ3) is 3.67. The van der Waals surface area contributed by atoms with Gasteiger partial charge in [0.25, 0.3) is 0 Å². The van der Waals surface area contributed by atoms with E-state index in [1.54, 1.807) is 0 Å². The minimum absolute atomic E-state index is 0.523. The molecule has 0 radical (unpaired) electrons. The van der Waals surface area contributed by atoms with Crippen LogP contribution in [0, 0.1) is 0 Å². The van der Waals surface area contributed by atoms with Crippen molar-refractivity contribution < 1.29 is 0 Å². The highest BCUT2D eigenvalue weighted by Gasteiger charge is 2.05. The number of pyridine rings is 1. The van der Waals surface area contributed by atoms with Gasteiger partial charge in [-0.05, 0) is 25.5 Å². The lowest BCUT2D eigenvalue weighted by atomic mass is 10.1. The van der Waals surface area contributed by atoms with E-state index in [9.17, 15) is 0 Å². The predicted molar refractivity (Wildman–Crippen MR) is 82.0 cm³/mol. The Bertz CT molecular complexity index is 537. The van der Waals surface area contributed by atoms with Crippen molar-refractivity contribution in [2.24, 2.45) is 0 Å². The first kappa shape index (κ1) is 13.8. The van der Waals surface area contributed by atoms with Crippen LogP contribution >= 0.6 is 0 Å². The number of hydrogen-bond donors (Lipinski definition) is 2. The van der Waals surface area contributed by atoms with Gasteiger partial charge in [0.05, 0.1) is 11.2 Å². The number of nitrogens with zero attached hydrogens (tertiary/aromatic N) is 1. The van der Waals surface area contributed by atoms with Crippen molar-refractivity contribution in [3.05, 3.63) is 36.0 Å². The van der Waals surface area contributed by atoms with Gasteiger partial charge in [-0.25, -0.2) is 0 Å². The molecule has 0 aliphatic rings. The lowest BCUT2D eigenvalue weighted by Gasteiger charge is -2.13. The molecule has 0 amide bonds. The number of nitrogen functional groups attached to an aromatic ring is 1. The highest BCUT2D eigenvalue weighted by Crippen LogP contribution is 2.20. The fourth-order valence-corrected chi connectivity index (χ4v) is 2.24. The molecule has 1 atom stereocenters. The van der Waals surface area contributed by atoms with Crippen LogP contribution in [0.5, 0.6) is 0 Å². The summed E-state index contributed by atoms with van der Waals surface area (Å²) in [6, 6.07) is 10.5. The number of aromatic nitrogens is 1. The van der Waals surface area contributed by atoms with Crippen LogP contribution < -0.4 is 11.1 Å². The molecule has 0 fully saturated rings. The molecule has 102 valence electrons. The van der Waals surface area contributed by atoms with E-state index in [-0.39, 0.29) is 0 Å². The summed E-state index contributed by atoms with van der Waals surface area (Å²) in [6.45, 7) is 5.22. The Morgan fingerprint density at radius 1 is 1.32 bits per heavy atom. The summed E-state index contributed by atoms with van der Waals surface area (Å²) in [5.41, 5.74) is 8.87. The van der Waals surface area contributed by atoms with E-state index in [4.69, 9.17) is 5.73 Å². The lowest BCUT2D eigenvalue weighted by Crippen LogP contribution is -2.25. The Balaban J connectivity index is 2.05. The zero-order valence-electron chi connectivity index (χ0n) is 11.8. The Labute approximate surface area is 115 Å². The predicted octanol–water partition coefficient (Wildman–Crippen LogP) is 3.49. The lowest BCUT2D eigenvalue weighted by molar-refractivity contribution is 0.492. The molecule has 2 rings (SSSR count). The topological polar surface area (TPSA) is 50.9 Å². The second kappa shape index (κ2) is 6.53. The van der Waals surface area contributed by atoms with Crippen LogP contribution in [0.1, 0.15) is 38.8 Å². The minimum Gasteiger partial charge on any atom is -0.398 e. The number of benzene rings is 1. The van der Waals surface area contributed by atoms with Crippen molar-refractivity contribution >= 4 is 16.6 Å². The van der Waals surface area contributed by atoms with E-state index >= 15 is 0 Å². The molecule has 3 nitrogen and oxygen atoms in total. The van der Waals surface area contributed by atoms with Gasteiger partial charge in [0.1, 0.15) is 0 Å². The van der Waals surface area contributed by atoms with Gasteiger partial charge in [-0.15, -0.1) is 0 Å². The van der Waals surface area contributed by atoms with Crippen molar-refractivity contribution in [3.63, 3.8) is 0 Å². The van der Waals surface area contributed by atoms with Crippen LogP contribution in [0.3, 0.4) is 0 Å². The summed E-state index contributed by atoms with van der Waals surface area (Å²) in [5.74, 6) is 0. The van der Waals surface area contributed by atoms with E-state index in [1.807, 2.05) is 30.3 Å². The molecule has 0 spiro atoms. The molecular formula is C16H23N3. The molecule has 2 aromatic rings. The number of nitrogens with one attached hydrogen (secondary N) is 1. The number of para-hydroxylation sites is 1. The Kier molecular flexibility index (Phi) is 4.74. The summed E-state index contributed by atoms with van der Waals surface area (Å²) in [5, 5.41) is 4.54. The molecule has 3 heteroatoms. The molecular weight excluding hydrogens is 234 g/mol. The second-order valence-corrected chi connectivity index (χ2v) is 5.14. The number of rotatable bonds is 6. The summed E-state index contributed by atoms with van der Waals surface area (Å²) >= 11 is 0. The zero-order chi connectivity index (χ0) is 13.7. The molecule has 0 saturated heterocycles. The summed E-state index contributed by atoms with van der Waals surface area (Å²) < 4.78 is 0. The highest BCUT2D eigenvalue weighted by molar-refractivity contribution is 5.90. The van der Waals surface area contributed by atoms with Crippen LogP contribution in [0.25, 0.3) is 10.9 Å². The summed E-state index contributed by atoms with van der Waals surface area (Å²) in [7, 11) is 0. The molecule has 3 N–H and O–H groups in total. The van der Waals surface area contributed by atoms with E-state index in [0.717, 1.165) is 28.8 Å². The molecule has 1 unspecified atom stereocenters. The van der Waals surface area contributed by atoms with Crippen LogP contribution in [0.15, 0.2) is 30.3 Å². The third-order valence-electron chi connectivity index (χ3n) is 3.42. The monoisotopic (exact) mass is 257 g/mol. The third-order valence-corrected chi connectivity index (χ3v) is 3.42. The Hall–Kier alpha value is -1.61. The maximum atomic E-state index is 6.08. The first-order valence-corrected chi connectivity index (χ1v) is 7.08. The fraction of sp³-hybridized carbons (Fsp3) is 0.438. The van der Waals surface area contributed by atoms with Crippen molar-refractivity contribution in [2.45, 2.75) is 45.7 Å². The van der Waals surface area contributed by atoms with Crippen LogP contribution in [-0.2, 0) is 6.54 Å². The van der Waals surface area contributed by atoms with E-state index in [0.29, 0.717) is 6.04 Å². The molecule has 0 aliphatic heterocycles. The van der Waals surface area contributed by atoms with Gasteiger partial charge >= 0.3 is 0 Å². The number of fused-ring (bicyclic) bond motifs is 1. The maximum Gasteiger partial charge on any atom is 0.0726 e. The van der Waals surface area contributed by atoms with Crippen molar-refractivity contribution in [3.8, 4) is 0 Å². The standard InChI is InChI=1S/C16H23N3/c1-3-4-7-12(2)18-11-13-10-15(17)14-8-5-6-9-16(14)19-13/h5-6,8-10,12,18H,3-4,7,11H2,1-2H3,(H2,17,19). The quantitative estimate of drug-likeness (QED) is 0.833. The molecule has 1 heterocycles. The van der Waals surface area contributed by atoms with Crippen molar-refractivity contribution in [2.75, 3.05) is 5.73 Å². The minimum atomic E-state index is 0.523. The number of anilines is 1. The maximum absolute atomic E-state index is 6.08. The molecule has 19 heavy (non-hydrogen) atoms. The SMILES string of the molecule is CCCCC(C)NCc1cc(N)c2ccccc2n1. The Morgan fingerprint density at radius 3 is 2.89 bits per heavy atom. The number of hydrogen-bond acceptors (Lipinski definition) is 3. The molecule has 1 aromatic heterocycles. The molecule has 1 aromatic carbocycles. The van der Waals surface area contributed by atoms with Gasteiger partial charge in [0.2, 0.25) is 0 Å². The smallest absolute Gasteiger partial charge is 0.0726 e. The van der Waals surface area contributed by atoms with Crippen LogP contribution in [0.2, 0.25) is 0 Å². The molecule has 0 aliphatic carbocycles. The van der Waals surface area contributed by atoms with Gasteiger partial charge in [-0.3, -0.25) is 4.98 Å². The fourth-order valence-electron chi connectivity index (χ4n) is 2.24. The van der Waals surface area contributed by atoms with E-state index < -0.39 is 0 Å². The summed E-state index contributed by atoms with van der Waals surface area (Å²) in [6.07, 6.45) is 3.72. The van der Waals surface area contributed by atoms with E-state index in [2.05, 4.69) is 24.1 Å². The largest absolute Gasteiger partial charge is 0.398 e. The average molecular weight is 257 g/mol. The summed E-state index contributed by atoms with van der Waals surface area (Å²) in [4.78, 5) is 4.65. The van der Waals surface area contributed by atoms with Crippen LogP contribution in [0.4, 0.5) is 5.69 Å². The number of nitrogens with two attached hydrogens (primary N) is 1. The first-order chi connectivity index (χ1) is 9.20. The number of unbranched alkanes of at least 4 members (excludes halogenated alkanes) is 1. The molecule has 0 saturated carbocycles. The first-order valence-electron chi connectivity index (χ1n) is 7.08. The Morgan fingerprint density at radius 2 is 2.11 bits per heavy atom. The normalized spacial score (nSPS) is 12.7.